The van der Waals surface area contributed by atoms with Crippen molar-refractivity contribution in [1.29, 1.82) is 0 Å². The molecule has 0 aromatic carbocycles. The van der Waals surface area contributed by atoms with Crippen LogP contribution in [0.4, 0.5) is 5.82 Å². The van der Waals surface area contributed by atoms with Crippen LogP contribution in [0.2, 0.25) is 0 Å². The molecule has 1 aromatic rings. The van der Waals surface area contributed by atoms with Crippen LogP contribution in [0.25, 0.3) is 0 Å². The van der Waals surface area contributed by atoms with Crippen LogP contribution < -0.4 is 10.2 Å². The fourth-order valence-electron chi connectivity index (χ4n) is 1.94. The topological polar surface area (TPSA) is 46.6 Å². The second-order valence-electron chi connectivity index (χ2n) is 4.67. The zero-order chi connectivity index (χ0) is 14.8. The number of aromatic nitrogens is 1. The molecule has 0 spiro atoms. The molecule has 0 bridgehead atoms. The van der Waals surface area contributed by atoms with Crippen LogP contribution in [0, 0.1) is 6.92 Å². The van der Waals surface area contributed by atoms with Gasteiger partial charge in [0.05, 0.1) is 13.2 Å². The first-order chi connectivity index (χ1) is 9.72. The highest BCUT2D eigenvalue weighted by Gasteiger charge is 2.09. The monoisotopic (exact) mass is 281 g/mol. The smallest absolute Gasteiger partial charge is 0.128 e. The Morgan fingerprint density at radius 1 is 1.15 bits per heavy atom. The Morgan fingerprint density at radius 2 is 1.80 bits per heavy atom. The molecule has 5 heteroatoms. The molecule has 0 aliphatic carbocycles. The Kier molecular flexibility index (Phi) is 8.18. The number of methoxy groups -OCH3 is 2. The Bertz CT molecular complexity index is 377. The molecule has 1 aromatic heterocycles. The van der Waals surface area contributed by atoms with Gasteiger partial charge in [-0.05, 0) is 25.1 Å². The Labute approximate surface area is 122 Å². The van der Waals surface area contributed by atoms with Gasteiger partial charge in [-0.1, -0.05) is 13.0 Å². The molecule has 0 aliphatic rings. The van der Waals surface area contributed by atoms with Gasteiger partial charge in [-0.15, -0.1) is 0 Å². The molecule has 5 nitrogen and oxygen atoms in total. The van der Waals surface area contributed by atoms with Crippen LogP contribution >= 0.6 is 0 Å². The molecule has 114 valence electrons. The maximum Gasteiger partial charge on any atom is 0.128 e. The van der Waals surface area contributed by atoms with Gasteiger partial charge in [0.1, 0.15) is 5.82 Å². The van der Waals surface area contributed by atoms with Crippen molar-refractivity contribution in [3.63, 3.8) is 0 Å². The third kappa shape index (κ3) is 5.45. The van der Waals surface area contributed by atoms with Crippen molar-refractivity contribution in [3.8, 4) is 0 Å². The first kappa shape index (κ1) is 16.9. The normalized spacial score (nSPS) is 10.8. The lowest BCUT2D eigenvalue weighted by atomic mass is 10.2. The number of hydrogen-bond acceptors (Lipinski definition) is 5. The minimum atomic E-state index is 0.684. The SMILES string of the molecule is CCNCc1ccc(N(CCOC)CCOC)nc1C. The summed E-state index contributed by atoms with van der Waals surface area (Å²) in [7, 11) is 3.43. The number of aryl methyl sites for hydroxylation is 1. The van der Waals surface area contributed by atoms with Crippen LogP contribution in [0.5, 0.6) is 0 Å². The second-order valence-corrected chi connectivity index (χ2v) is 4.67. The predicted octanol–water partition coefficient (Wildman–Crippen LogP) is 1.60. The Balaban J connectivity index is 2.76. The van der Waals surface area contributed by atoms with E-state index in [1.165, 1.54) is 5.56 Å². The maximum atomic E-state index is 5.16. The van der Waals surface area contributed by atoms with E-state index in [1.54, 1.807) is 14.2 Å². The summed E-state index contributed by atoms with van der Waals surface area (Å²) in [5, 5.41) is 3.33. The third-order valence-corrected chi connectivity index (χ3v) is 3.20. The van der Waals surface area contributed by atoms with Crippen molar-refractivity contribution in [1.82, 2.24) is 10.3 Å². The summed E-state index contributed by atoms with van der Waals surface area (Å²) in [6, 6.07) is 4.22. The third-order valence-electron chi connectivity index (χ3n) is 3.20. The van der Waals surface area contributed by atoms with E-state index >= 15 is 0 Å². The number of anilines is 1. The molecule has 1 heterocycles. The number of hydrogen-bond donors (Lipinski definition) is 1. The molecule has 0 radical (unpaired) electrons. The maximum absolute atomic E-state index is 5.16. The van der Waals surface area contributed by atoms with Crippen LogP contribution in [0.1, 0.15) is 18.2 Å². The van der Waals surface area contributed by atoms with Gasteiger partial charge in [-0.25, -0.2) is 4.98 Å². The van der Waals surface area contributed by atoms with E-state index in [-0.39, 0.29) is 0 Å². The van der Waals surface area contributed by atoms with Crippen LogP contribution in [0.3, 0.4) is 0 Å². The zero-order valence-corrected chi connectivity index (χ0v) is 13.1. The summed E-state index contributed by atoms with van der Waals surface area (Å²) in [6.07, 6.45) is 0. The minimum Gasteiger partial charge on any atom is -0.383 e. The molecule has 0 fully saturated rings. The molecule has 20 heavy (non-hydrogen) atoms. The fourth-order valence-corrected chi connectivity index (χ4v) is 1.94. The van der Waals surface area contributed by atoms with Crippen LogP contribution in [-0.2, 0) is 16.0 Å². The van der Waals surface area contributed by atoms with Gasteiger partial charge in [0.25, 0.3) is 0 Å². The molecule has 0 saturated carbocycles. The predicted molar refractivity (Wildman–Crippen MR) is 82.3 cm³/mol. The van der Waals surface area contributed by atoms with Crippen molar-refractivity contribution >= 4 is 5.82 Å². The Hall–Kier alpha value is -1.17. The van der Waals surface area contributed by atoms with E-state index < -0.39 is 0 Å². The van der Waals surface area contributed by atoms with Gasteiger partial charge in [-0.3, -0.25) is 0 Å². The quantitative estimate of drug-likeness (QED) is 0.706. The van der Waals surface area contributed by atoms with E-state index in [1.807, 2.05) is 0 Å². The van der Waals surface area contributed by atoms with E-state index in [2.05, 4.69) is 36.2 Å². The van der Waals surface area contributed by atoms with Crippen LogP contribution in [-0.4, -0.2) is 52.1 Å². The van der Waals surface area contributed by atoms with Crippen molar-refractivity contribution in [3.05, 3.63) is 23.4 Å². The molecule has 0 atom stereocenters. The molecule has 0 amide bonds. The summed E-state index contributed by atoms with van der Waals surface area (Å²) in [5.41, 5.74) is 2.32. The first-order valence-electron chi connectivity index (χ1n) is 7.13. The summed E-state index contributed by atoms with van der Waals surface area (Å²) in [4.78, 5) is 6.90. The molecular weight excluding hydrogens is 254 g/mol. The first-order valence-corrected chi connectivity index (χ1v) is 7.13. The molecule has 1 rings (SSSR count). The van der Waals surface area contributed by atoms with Gasteiger partial charge in [0, 0.05) is 39.5 Å². The standard InChI is InChI=1S/C15H27N3O2/c1-5-16-12-14-6-7-15(17-13(14)2)18(8-10-19-3)9-11-20-4/h6-7,16H,5,8-12H2,1-4H3. The molecule has 0 unspecified atom stereocenters. The second kappa shape index (κ2) is 9.69. The number of nitrogens with one attached hydrogen (secondary N) is 1. The van der Waals surface area contributed by atoms with Gasteiger partial charge in [0.15, 0.2) is 0 Å². The average molecular weight is 281 g/mol. The summed E-state index contributed by atoms with van der Waals surface area (Å²) >= 11 is 0. The van der Waals surface area contributed by atoms with Gasteiger partial charge in [0.2, 0.25) is 0 Å². The molecular formula is C15H27N3O2. The van der Waals surface area contributed by atoms with Gasteiger partial charge in [-0.2, -0.15) is 0 Å². The highest BCUT2D eigenvalue weighted by molar-refractivity contribution is 5.41. The number of rotatable bonds is 10. The number of ether oxygens (including phenoxy) is 2. The lowest BCUT2D eigenvalue weighted by Crippen LogP contribution is -2.31. The number of pyridine rings is 1. The fraction of sp³-hybridized carbons (Fsp3) is 0.667. The highest BCUT2D eigenvalue weighted by Crippen LogP contribution is 2.14. The lowest BCUT2D eigenvalue weighted by molar-refractivity contribution is 0.190. The van der Waals surface area contributed by atoms with E-state index in [0.717, 1.165) is 37.7 Å². The van der Waals surface area contributed by atoms with E-state index in [4.69, 9.17) is 14.5 Å². The lowest BCUT2D eigenvalue weighted by Gasteiger charge is -2.24. The van der Waals surface area contributed by atoms with Crippen molar-refractivity contribution in [2.75, 3.05) is 52.0 Å². The summed E-state index contributed by atoms with van der Waals surface area (Å²) < 4.78 is 10.3. The molecule has 0 saturated heterocycles. The average Bonchev–Trinajstić information content (AvgIpc) is 2.46. The molecule has 1 N–H and O–H groups in total. The Morgan fingerprint density at radius 3 is 2.30 bits per heavy atom. The van der Waals surface area contributed by atoms with Crippen LogP contribution in [0.15, 0.2) is 12.1 Å². The van der Waals surface area contributed by atoms with Gasteiger partial charge < -0.3 is 19.7 Å². The largest absolute Gasteiger partial charge is 0.383 e. The highest BCUT2D eigenvalue weighted by atomic mass is 16.5. The summed E-state index contributed by atoms with van der Waals surface area (Å²) in [5.74, 6) is 0.983. The van der Waals surface area contributed by atoms with Gasteiger partial charge >= 0.3 is 0 Å². The summed E-state index contributed by atoms with van der Waals surface area (Å²) in [6.45, 7) is 9.00. The van der Waals surface area contributed by atoms with E-state index in [9.17, 15) is 0 Å². The molecule has 0 aliphatic heterocycles. The van der Waals surface area contributed by atoms with Crippen molar-refractivity contribution in [2.45, 2.75) is 20.4 Å². The number of nitrogens with zero attached hydrogens (tertiary/aromatic N) is 2. The zero-order valence-electron chi connectivity index (χ0n) is 13.1. The van der Waals surface area contributed by atoms with E-state index in [0.29, 0.717) is 13.2 Å². The minimum absolute atomic E-state index is 0.684. The van der Waals surface area contributed by atoms with Crippen molar-refractivity contribution in [2.24, 2.45) is 0 Å². The van der Waals surface area contributed by atoms with Crippen molar-refractivity contribution < 1.29 is 9.47 Å².